The van der Waals surface area contributed by atoms with Gasteiger partial charge in [-0.1, -0.05) is 17.8 Å². The molecule has 5 nitrogen and oxygen atoms in total. The number of amidine groups is 1. The first kappa shape index (κ1) is 12.1. The topological polar surface area (TPSA) is 79.8 Å². The maximum Gasteiger partial charge on any atom is 0.244 e. The lowest BCUT2D eigenvalue weighted by Crippen LogP contribution is -2.31. The van der Waals surface area contributed by atoms with E-state index in [-0.39, 0.29) is 17.7 Å². The number of fused-ring (bicyclic) bond motifs is 1. The van der Waals surface area contributed by atoms with Crippen molar-refractivity contribution in [2.75, 3.05) is 5.75 Å². The molecule has 2 rings (SSSR count). The maximum absolute atomic E-state index is 11.0. The molecule has 0 radical (unpaired) electrons. The minimum absolute atomic E-state index is 0.0159. The molecule has 1 heterocycles. The summed E-state index contributed by atoms with van der Waals surface area (Å²) in [5.41, 5.74) is 5.46. The van der Waals surface area contributed by atoms with Gasteiger partial charge in [-0.25, -0.2) is 15.8 Å². The van der Waals surface area contributed by atoms with Crippen LogP contribution in [0.1, 0.15) is 13.8 Å². The number of nitrogens with one attached hydrogen (secondary N) is 1. The van der Waals surface area contributed by atoms with Crippen LogP contribution in [0.5, 0.6) is 0 Å². The summed E-state index contributed by atoms with van der Waals surface area (Å²) in [6.07, 6.45) is 4.13. The SMILES string of the molecule is CC1=CC2=NC(SCC(=O)NN)=NC2C=C1C. The molecule has 3 N–H and O–H groups in total. The van der Waals surface area contributed by atoms with Gasteiger partial charge in [0.05, 0.1) is 11.5 Å². The average molecular weight is 250 g/mol. The summed E-state index contributed by atoms with van der Waals surface area (Å²) >= 11 is 1.30. The third-order valence-electron chi connectivity index (χ3n) is 2.66. The third kappa shape index (κ3) is 2.65. The van der Waals surface area contributed by atoms with Crippen LogP contribution in [0.15, 0.2) is 33.3 Å². The van der Waals surface area contributed by atoms with E-state index in [2.05, 4.69) is 35.3 Å². The van der Waals surface area contributed by atoms with Gasteiger partial charge in [0.1, 0.15) is 6.04 Å². The predicted molar refractivity (Wildman–Crippen MR) is 71.0 cm³/mol. The van der Waals surface area contributed by atoms with Gasteiger partial charge in [0, 0.05) is 0 Å². The number of thioether (sulfide) groups is 1. The van der Waals surface area contributed by atoms with E-state index in [1.807, 2.05) is 6.08 Å². The number of allylic oxidation sites excluding steroid dienone is 2. The average Bonchev–Trinajstić information content (AvgIpc) is 2.68. The second kappa shape index (κ2) is 4.85. The van der Waals surface area contributed by atoms with Crippen LogP contribution in [0.3, 0.4) is 0 Å². The highest BCUT2D eigenvalue weighted by molar-refractivity contribution is 8.14. The van der Waals surface area contributed by atoms with E-state index in [4.69, 9.17) is 5.84 Å². The first-order valence-corrected chi connectivity index (χ1v) is 6.24. The monoisotopic (exact) mass is 250 g/mol. The van der Waals surface area contributed by atoms with E-state index in [0.29, 0.717) is 5.17 Å². The maximum atomic E-state index is 11.0. The van der Waals surface area contributed by atoms with Crippen LogP contribution in [0.25, 0.3) is 0 Å². The van der Waals surface area contributed by atoms with E-state index >= 15 is 0 Å². The number of carbonyl (C=O) groups is 1. The number of nitrogens with zero attached hydrogens (tertiary/aromatic N) is 2. The summed E-state index contributed by atoms with van der Waals surface area (Å²) in [5.74, 6) is 5.01. The molecule has 17 heavy (non-hydrogen) atoms. The fraction of sp³-hybridized carbons (Fsp3) is 0.364. The Bertz CT molecular complexity index is 476. The number of rotatable bonds is 2. The number of aliphatic imine (C=N–C) groups is 2. The Kier molecular flexibility index (Phi) is 3.44. The molecule has 1 aliphatic carbocycles. The Labute approximate surface area is 104 Å². The molecule has 0 aromatic heterocycles. The zero-order valence-corrected chi connectivity index (χ0v) is 10.5. The van der Waals surface area contributed by atoms with Crippen LogP contribution in [-0.4, -0.2) is 28.6 Å². The van der Waals surface area contributed by atoms with Crippen molar-refractivity contribution >= 4 is 28.5 Å². The molecule has 90 valence electrons. The standard InChI is InChI=1S/C11H14N4OS/c1-6-3-8-9(4-7(6)2)14-11(13-8)17-5-10(16)15-12/h3-4,8H,5,12H2,1-2H3,(H,15,16). The van der Waals surface area contributed by atoms with Crippen molar-refractivity contribution in [2.45, 2.75) is 19.9 Å². The van der Waals surface area contributed by atoms with Gasteiger partial charge in [-0.15, -0.1) is 0 Å². The van der Waals surface area contributed by atoms with Gasteiger partial charge in [-0.3, -0.25) is 10.2 Å². The van der Waals surface area contributed by atoms with Gasteiger partial charge in [-0.05, 0) is 31.1 Å². The van der Waals surface area contributed by atoms with Crippen molar-refractivity contribution in [1.29, 1.82) is 0 Å². The van der Waals surface area contributed by atoms with Gasteiger partial charge < -0.3 is 0 Å². The lowest BCUT2D eigenvalue weighted by atomic mass is 9.96. The van der Waals surface area contributed by atoms with Crippen LogP contribution in [0.2, 0.25) is 0 Å². The number of hydrogen-bond acceptors (Lipinski definition) is 5. The first-order valence-electron chi connectivity index (χ1n) is 5.26. The molecular formula is C11H14N4OS. The van der Waals surface area contributed by atoms with Gasteiger partial charge in [0.25, 0.3) is 0 Å². The summed E-state index contributed by atoms with van der Waals surface area (Å²) in [6, 6.07) is 0.0159. The van der Waals surface area contributed by atoms with Crippen LogP contribution in [-0.2, 0) is 4.79 Å². The molecule has 1 amide bonds. The lowest BCUT2D eigenvalue weighted by molar-refractivity contribution is -0.118. The van der Waals surface area contributed by atoms with Crippen molar-refractivity contribution in [3.05, 3.63) is 23.3 Å². The highest BCUT2D eigenvalue weighted by Crippen LogP contribution is 2.24. The minimum atomic E-state index is -0.230. The van der Waals surface area contributed by atoms with Crippen LogP contribution >= 0.6 is 11.8 Å². The molecule has 1 atom stereocenters. The summed E-state index contributed by atoms with van der Waals surface area (Å²) in [4.78, 5) is 19.8. The molecule has 0 saturated carbocycles. The van der Waals surface area contributed by atoms with Crippen molar-refractivity contribution in [1.82, 2.24) is 5.43 Å². The smallest absolute Gasteiger partial charge is 0.244 e. The van der Waals surface area contributed by atoms with Crippen LogP contribution in [0.4, 0.5) is 0 Å². The van der Waals surface area contributed by atoms with Gasteiger partial charge in [0.2, 0.25) is 5.91 Å². The minimum Gasteiger partial charge on any atom is -0.294 e. The highest BCUT2D eigenvalue weighted by atomic mass is 32.2. The van der Waals surface area contributed by atoms with Crippen molar-refractivity contribution in [3.8, 4) is 0 Å². The summed E-state index contributed by atoms with van der Waals surface area (Å²) in [5, 5.41) is 0.642. The molecule has 0 aromatic carbocycles. The Hall–Kier alpha value is -1.40. The van der Waals surface area contributed by atoms with Crippen LogP contribution in [0, 0.1) is 0 Å². The molecular weight excluding hydrogens is 236 g/mol. The van der Waals surface area contributed by atoms with Crippen LogP contribution < -0.4 is 11.3 Å². The third-order valence-corrected chi connectivity index (χ3v) is 3.53. The quantitative estimate of drug-likeness (QED) is 0.432. The Morgan fingerprint density at radius 3 is 3.00 bits per heavy atom. The van der Waals surface area contributed by atoms with Gasteiger partial charge in [-0.2, -0.15) is 0 Å². The number of hydrazine groups is 1. The molecule has 0 aromatic rings. The number of nitrogens with two attached hydrogens (primary N) is 1. The van der Waals surface area contributed by atoms with E-state index in [1.165, 1.54) is 22.9 Å². The van der Waals surface area contributed by atoms with E-state index < -0.39 is 0 Å². The summed E-state index contributed by atoms with van der Waals surface area (Å²) in [7, 11) is 0. The van der Waals surface area contributed by atoms with Crippen molar-refractivity contribution in [3.63, 3.8) is 0 Å². The van der Waals surface area contributed by atoms with E-state index in [9.17, 15) is 4.79 Å². The molecule has 0 saturated heterocycles. The fourth-order valence-electron chi connectivity index (χ4n) is 1.58. The van der Waals surface area contributed by atoms with E-state index in [1.54, 1.807) is 0 Å². The van der Waals surface area contributed by atoms with E-state index in [0.717, 1.165) is 5.71 Å². The zero-order valence-electron chi connectivity index (χ0n) is 9.73. The summed E-state index contributed by atoms with van der Waals surface area (Å²) < 4.78 is 0. The van der Waals surface area contributed by atoms with Crippen molar-refractivity contribution in [2.24, 2.45) is 15.8 Å². The summed E-state index contributed by atoms with van der Waals surface area (Å²) in [6.45, 7) is 4.11. The Balaban J connectivity index is 2.05. The lowest BCUT2D eigenvalue weighted by Gasteiger charge is -2.12. The predicted octanol–water partition coefficient (Wildman–Crippen LogP) is 0.795. The number of carbonyl (C=O) groups excluding carboxylic acids is 1. The molecule has 6 heteroatoms. The largest absolute Gasteiger partial charge is 0.294 e. The molecule has 1 aliphatic heterocycles. The first-order chi connectivity index (χ1) is 8.10. The second-order valence-electron chi connectivity index (χ2n) is 3.93. The molecule has 1 unspecified atom stereocenters. The number of hydrogen-bond donors (Lipinski definition) is 2. The fourth-order valence-corrected chi connectivity index (χ4v) is 2.28. The molecule has 2 aliphatic rings. The zero-order chi connectivity index (χ0) is 12.4. The Morgan fingerprint density at radius 2 is 2.29 bits per heavy atom. The number of amides is 1. The second-order valence-corrected chi connectivity index (χ2v) is 4.87. The molecule has 0 fully saturated rings. The highest BCUT2D eigenvalue weighted by Gasteiger charge is 2.23. The van der Waals surface area contributed by atoms with Gasteiger partial charge >= 0.3 is 0 Å². The Morgan fingerprint density at radius 1 is 1.53 bits per heavy atom. The van der Waals surface area contributed by atoms with Crippen molar-refractivity contribution < 1.29 is 4.79 Å². The molecule has 0 spiro atoms. The normalized spacial score (nSPS) is 22.2. The molecule has 0 bridgehead atoms. The van der Waals surface area contributed by atoms with Gasteiger partial charge in [0.15, 0.2) is 5.17 Å².